The van der Waals surface area contributed by atoms with E-state index < -0.39 is 0 Å². The zero-order valence-corrected chi connectivity index (χ0v) is 13.5. The lowest BCUT2D eigenvalue weighted by atomic mass is 10.2. The standard InChI is InChI=1S/C14H13BrN4S/c1-3-16-13-10-6-9(15)4-5-11(10)18-14(19-13)12-7-20-8(2)17-12/h4-7H,3H2,1-2H3,(H,16,18,19). The zero-order chi connectivity index (χ0) is 14.1. The third kappa shape index (κ3) is 2.53. The van der Waals surface area contributed by atoms with Gasteiger partial charge in [0.05, 0.1) is 10.5 Å². The molecule has 0 saturated carbocycles. The van der Waals surface area contributed by atoms with Gasteiger partial charge in [-0.05, 0) is 32.0 Å². The van der Waals surface area contributed by atoms with Crippen molar-refractivity contribution in [2.75, 3.05) is 11.9 Å². The number of thiazole rings is 1. The molecule has 6 heteroatoms. The number of benzene rings is 1. The lowest BCUT2D eigenvalue weighted by Gasteiger charge is -2.09. The fourth-order valence-electron chi connectivity index (χ4n) is 1.98. The van der Waals surface area contributed by atoms with Gasteiger partial charge in [-0.15, -0.1) is 11.3 Å². The molecular weight excluding hydrogens is 336 g/mol. The van der Waals surface area contributed by atoms with Gasteiger partial charge in [0.25, 0.3) is 0 Å². The monoisotopic (exact) mass is 348 g/mol. The highest BCUT2D eigenvalue weighted by molar-refractivity contribution is 9.10. The second kappa shape index (κ2) is 5.46. The maximum Gasteiger partial charge on any atom is 0.181 e. The summed E-state index contributed by atoms with van der Waals surface area (Å²) in [5.74, 6) is 1.51. The predicted octanol–water partition coefficient (Wildman–Crippen LogP) is 4.26. The average molecular weight is 349 g/mol. The molecule has 2 heterocycles. The number of hydrogen-bond acceptors (Lipinski definition) is 5. The minimum Gasteiger partial charge on any atom is -0.370 e. The minimum atomic E-state index is 0.667. The number of hydrogen-bond donors (Lipinski definition) is 1. The smallest absolute Gasteiger partial charge is 0.181 e. The molecule has 0 aliphatic carbocycles. The second-order valence-corrected chi connectivity index (χ2v) is 6.32. The fourth-order valence-corrected chi connectivity index (χ4v) is 2.94. The van der Waals surface area contributed by atoms with Crippen LogP contribution in [0.2, 0.25) is 0 Å². The third-order valence-electron chi connectivity index (χ3n) is 2.85. The number of nitrogens with zero attached hydrogens (tertiary/aromatic N) is 3. The van der Waals surface area contributed by atoms with E-state index in [4.69, 9.17) is 0 Å². The van der Waals surface area contributed by atoms with Gasteiger partial charge in [-0.1, -0.05) is 15.9 Å². The molecule has 1 aromatic carbocycles. The largest absolute Gasteiger partial charge is 0.370 e. The predicted molar refractivity (Wildman–Crippen MR) is 87.2 cm³/mol. The number of halogens is 1. The highest BCUT2D eigenvalue weighted by Gasteiger charge is 2.11. The van der Waals surface area contributed by atoms with Crippen molar-refractivity contribution in [2.24, 2.45) is 0 Å². The lowest BCUT2D eigenvalue weighted by molar-refractivity contribution is 1.13. The van der Waals surface area contributed by atoms with Crippen molar-refractivity contribution >= 4 is 44.0 Å². The van der Waals surface area contributed by atoms with Crippen molar-refractivity contribution in [3.05, 3.63) is 33.1 Å². The molecule has 0 unspecified atom stereocenters. The number of fused-ring (bicyclic) bond motifs is 1. The summed E-state index contributed by atoms with van der Waals surface area (Å²) in [6.45, 7) is 4.85. The first-order valence-corrected chi connectivity index (χ1v) is 7.98. The van der Waals surface area contributed by atoms with Gasteiger partial charge in [-0.25, -0.2) is 15.0 Å². The van der Waals surface area contributed by atoms with Crippen LogP contribution in [0.25, 0.3) is 22.4 Å². The molecule has 0 radical (unpaired) electrons. The number of anilines is 1. The molecule has 4 nitrogen and oxygen atoms in total. The first kappa shape index (κ1) is 13.5. The Morgan fingerprint density at radius 2 is 2.10 bits per heavy atom. The average Bonchev–Trinajstić information content (AvgIpc) is 2.86. The van der Waals surface area contributed by atoms with Crippen LogP contribution in [0, 0.1) is 6.92 Å². The van der Waals surface area contributed by atoms with Crippen LogP contribution in [0.3, 0.4) is 0 Å². The van der Waals surface area contributed by atoms with Crippen molar-refractivity contribution in [3.63, 3.8) is 0 Å². The summed E-state index contributed by atoms with van der Waals surface area (Å²) in [6.07, 6.45) is 0. The van der Waals surface area contributed by atoms with E-state index >= 15 is 0 Å². The molecule has 102 valence electrons. The Kier molecular flexibility index (Phi) is 3.67. The molecule has 2 aromatic heterocycles. The summed E-state index contributed by atoms with van der Waals surface area (Å²) in [5, 5.41) is 7.32. The molecule has 0 bridgehead atoms. The lowest BCUT2D eigenvalue weighted by Crippen LogP contribution is -2.03. The number of aryl methyl sites for hydroxylation is 1. The maximum atomic E-state index is 4.62. The molecule has 0 fully saturated rings. The van der Waals surface area contributed by atoms with Crippen molar-refractivity contribution in [1.29, 1.82) is 0 Å². The molecular formula is C14H13BrN4S. The quantitative estimate of drug-likeness (QED) is 0.768. The normalized spacial score (nSPS) is 10.9. The van der Waals surface area contributed by atoms with E-state index in [0.29, 0.717) is 5.82 Å². The first-order chi connectivity index (χ1) is 9.67. The van der Waals surface area contributed by atoms with E-state index in [-0.39, 0.29) is 0 Å². The van der Waals surface area contributed by atoms with Crippen molar-refractivity contribution in [3.8, 4) is 11.5 Å². The summed E-state index contributed by atoms with van der Waals surface area (Å²) in [7, 11) is 0. The van der Waals surface area contributed by atoms with E-state index in [1.165, 1.54) is 0 Å². The summed E-state index contributed by atoms with van der Waals surface area (Å²) < 4.78 is 1.02. The van der Waals surface area contributed by atoms with Crippen LogP contribution in [0.4, 0.5) is 5.82 Å². The molecule has 0 spiro atoms. The van der Waals surface area contributed by atoms with E-state index in [2.05, 4.69) is 43.1 Å². The number of nitrogens with one attached hydrogen (secondary N) is 1. The van der Waals surface area contributed by atoms with Gasteiger partial charge in [0.2, 0.25) is 0 Å². The van der Waals surface area contributed by atoms with Crippen LogP contribution < -0.4 is 5.32 Å². The topological polar surface area (TPSA) is 50.7 Å². The molecule has 0 saturated heterocycles. The molecule has 1 N–H and O–H groups in total. The number of rotatable bonds is 3. The van der Waals surface area contributed by atoms with E-state index in [1.54, 1.807) is 11.3 Å². The molecule has 0 aliphatic rings. The Hall–Kier alpha value is -1.53. The van der Waals surface area contributed by atoms with Crippen LogP contribution in [-0.2, 0) is 0 Å². The maximum absolute atomic E-state index is 4.62. The van der Waals surface area contributed by atoms with Crippen LogP contribution >= 0.6 is 27.3 Å². The molecule has 0 amide bonds. The highest BCUT2D eigenvalue weighted by Crippen LogP contribution is 2.27. The van der Waals surface area contributed by atoms with E-state index in [0.717, 1.165) is 38.4 Å². The van der Waals surface area contributed by atoms with Gasteiger partial charge in [-0.3, -0.25) is 0 Å². The Morgan fingerprint density at radius 1 is 1.25 bits per heavy atom. The summed E-state index contributed by atoms with van der Waals surface area (Å²) in [6, 6.07) is 6.01. The first-order valence-electron chi connectivity index (χ1n) is 6.31. The van der Waals surface area contributed by atoms with Gasteiger partial charge in [0.1, 0.15) is 11.5 Å². The Balaban J connectivity index is 2.22. The molecule has 0 aliphatic heterocycles. The van der Waals surface area contributed by atoms with E-state index in [1.807, 2.05) is 30.5 Å². The summed E-state index contributed by atoms with van der Waals surface area (Å²) >= 11 is 5.10. The zero-order valence-electron chi connectivity index (χ0n) is 11.1. The van der Waals surface area contributed by atoms with Gasteiger partial charge in [0, 0.05) is 21.8 Å². The van der Waals surface area contributed by atoms with Crippen LogP contribution in [0.15, 0.2) is 28.1 Å². The Bertz CT molecular complexity index is 769. The molecule has 0 atom stereocenters. The third-order valence-corrected chi connectivity index (χ3v) is 4.12. The van der Waals surface area contributed by atoms with Gasteiger partial charge in [-0.2, -0.15) is 0 Å². The van der Waals surface area contributed by atoms with Crippen molar-refractivity contribution in [2.45, 2.75) is 13.8 Å². The van der Waals surface area contributed by atoms with Crippen LogP contribution in [0.1, 0.15) is 11.9 Å². The molecule has 3 aromatic rings. The van der Waals surface area contributed by atoms with E-state index in [9.17, 15) is 0 Å². The van der Waals surface area contributed by atoms with Crippen LogP contribution in [0.5, 0.6) is 0 Å². The van der Waals surface area contributed by atoms with Crippen molar-refractivity contribution in [1.82, 2.24) is 15.0 Å². The molecule has 20 heavy (non-hydrogen) atoms. The Morgan fingerprint density at radius 3 is 2.80 bits per heavy atom. The van der Waals surface area contributed by atoms with Gasteiger partial charge >= 0.3 is 0 Å². The minimum absolute atomic E-state index is 0.667. The van der Waals surface area contributed by atoms with Crippen LogP contribution in [-0.4, -0.2) is 21.5 Å². The SMILES string of the molecule is CCNc1nc(-c2csc(C)n2)nc2ccc(Br)cc12. The van der Waals surface area contributed by atoms with Gasteiger partial charge in [0.15, 0.2) is 5.82 Å². The second-order valence-electron chi connectivity index (χ2n) is 4.34. The number of aromatic nitrogens is 3. The highest BCUT2D eigenvalue weighted by atomic mass is 79.9. The fraction of sp³-hybridized carbons (Fsp3) is 0.214. The van der Waals surface area contributed by atoms with Crippen molar-refractivity contribution < 1.29 is 0 Å². The summed E-state index contributed by atoms with van der Waals surface area (Å²) in [5.41, 5.74) is 1.75. The Labute approximate surface area is 129 Å². The van der Waals surface area contributed by atoms with Gasteiger partial charge < -0.3 is 5.32 Å². The summed E-state index contributed by atoms with van der Waals surface area (Å²) in [4.78, 5) is 13.7. The molecule has 3 rings (SSSR count).